The highest BCUT2D eigenvalue weighted by atomic mass is 32.2. The zero-order valence-corrected chi connectivity index (χ0v) is 8.75. The van der Waals surface area contributed by atoms with Crippen molar-refractivity contribution in [3.63, 3.8) is 0 Å². The van der Waals surface area contributed by atoms with Crippen molar-refractivity contribution in [3.05, 3.63) is 23.9 Å². The number of nitrogens with two attached hydrogens (primary N) is 1. The highest BCUT2D eigenvalue weighted by Gasteiger charge is 2.19. The summed E-state index contributed by atoms with van der Waals surface area (Å²) < 4.78 is 21.9. The number of hydrogen-bond acceptors (Lipinski definition) is 4. The molecule has 1 aromatic rings. The van der Waals surface area contributed by atoms with Gasteiger partial charge in [0.1, 0.15) is 0 Å². The first-order chi connectivity index (χ1) is 6.21. The molecule has 0 unspecified atom stereocenters. The van der Waals surface area contributed by atoms with E-state index >= 15 is 0 Å². The Kier molecular flexibility index (Phi) is 2.62. The summed E-state index contributed by atoms with van der Waals surface area (Å²) in [5, 5.41) is 14.3. The van der Waals surface area contributed by atoms with Crippen LogP contribution in [0.25, 0.3) is 0 Å². The molecule has 5 nitrogen and oxygen atoms in total. The Morgan fingerprint density at radius 2 is 2.07 bits per heavy atom. The van der Waals surface area contributed by atoms with Gasteiger partial charge in [-0.1, -0.05) is 0 Å². The van der Waals surface area contributed by atoms with Crippen molar-refractivity contribution in [1.29, 1.82) is 0 Å². The summed E-state index contributed by atoms with van der Waals surface area (Å²) in [4.78, 5) is 3.60. The van der Waals surface area contributed by atoms with E-state index in [0.29, 0.717) is 5.56 Å². The Labute approximate surface area is 82.6 Å². The molecule has 6 heteroatoms. The predicted molar refractivity (Wildman–Crippen MR) is 50.9 cm³/mol. The van der Waals surface area contributed by atoms with E-state index < -0.39 is 15.6 Å². The number of hydrogen-bond donors (Lipinski definition) is 2. The fourth-order valence-corrected chi connectivity index (χ4v) is 1.44. The van der Waals surface area contributed by atoms with E-state index in [4.69, 9.17) is 5.14 Å². The van der Waals surface area contributed by atoms with E-state index in [0.717, 1.165) is 0 Å². The third kappa shape index (κ3) is 2.50. The second-order valence-electron chi connectivity index (χ2n) is 3.49. The van der Waals surface area contributed by atoms with Gasteiger partial charge < -0.3 is 5.11 Å². The van der Waals surface area contributed by atoms with E-state index in [1.165, 1.54) is 18.3 Å². The average Bonchev–Trinajstić information content (AvgIpc) is 2.01. The molecule has 0 saturated carbocycles. The number of rotatable bonds is 2. The second-order valence-corrected chi connectivity index (χ2v) is 5.00. The molecule has 0 radical (unpaired) electrons. The topological polar surface area (TPSA) is 93.3 Å². The molecule has 14 heavy (non-hydrogen) atoms. The molecule has 0 aromatic carbocycles. The standard InChI is InChI=1S/C8H12N2O3S/c1-8(2,11)6-3-4-10-7(5-6)14(9,12)13/h3-5,11H,1-2H3,(H2,9,12,13). The fraction of sp³-hybridized carbons (Fsp3) is 0.375. The van der Waals surface area contributed by atoms with Crippen molar-refractivity contribution < 1.29 is 13.5 Å². The van der Waals surface area contributed by atoms with Crippen LogP contribution >= 0.6 is 0 Å². The Balaban J connectivity index is 3.29. The molecule has 78 valence electrons. The molecule has 0 aliphatic heterocycles. The minimum atomic E-state index is -3.81. The van der Waals surface area contributed by atoms with Gasteiger partial charge in [0.15, 0.2) is 5.03 Å². The molecular weight excluding hydrogens is 204 g/mol. The zero-order chi connectivity index (χ0) is 11.0. The van der Waals surface area contributed by atoms with Crippen LogP contribution < -0.4 is 5.14 Å². The maximum Gasteiger partial charge on any atom is 0.255 e. The zero-order valence-electron chi connectivity index (χ0n) is 7.93. The van der Waals surface area contributed by atoms with E-state index in [1.807, 2.05) is 0 Å². The summed E-state index contributed by atoms with van der Waals surface area (Å²) in [6.45, 7) is 3.10. The number of pyridine rings is 1. The largest absolute Gasteiger partial charge is 0.386 e. The molecule has 3 N–H and O–H groups in total. The third-order valence-electron chi connectivity index (χ3n) is 1.73. The van der Waals surface area contributed by atoms with Crippen LogP contribution in [0.1, 0.15) is 19.4 Å². The van der Waals surface area contributed by atoms with E-state index in [2.05, 4.69) is 4.98 Å². The van der Waals surface area contributed by atoms with Crippen LogP contribution in [0.15, 0.2) is 23.4 Å². The molecule has 0 spiro atoms. The maximum absolute atomic E-state index is 10.9. The number of sulfonamides is 1. The number of aromatic nitrogens is 1. The monoisotopic (exact) mass is 216 g/mol. The minimum absolute atomic E-state index is 0.239. The van der Waals surface area contributed by atoms with Crippen molar-refractivity contribution >= 4 is 10.0 Å². The summed E-state index contributed by atoms with van der Waals surface area (Å²) >= 11 is 0. The molecule has 0 fully saturated rings. The Hall–Kier alpha value is -0.980. The molecule has 0 saturated heterocycles. The molecular formula is C8H12N2O3S. The first-order valence-electron chi connectivity index (χ1n) is 3.93. The highest BCUT2D eigenvalue weighted by molar-refractivity contribution is 7.89. The summed E-state index contributed by atoms with van der Waals surface area (Å²) in [6.07, 6.45) is 1.30. The Morgan fingerprint density at radius 3 is 2.50 bits per heavy atom. The summed E-state index contributed by atoms with van der Waals surface area (Å²) in [5.74, 6) is 0. The lowest BCUT2D eigenvalue weighted by Crippen LogP contribution is -2.19. The lowest BCUT2D eigenvalue weighted by Gasteiger charge is -2.17. The van der Waals surface area contributed by atoms with Gasteiger partial charge in [0, 0.05) is 6.20 Å². The maximum atomic E-state index is 10.9. The normalized spacial score (nSPS) is 12.9. The molecule has 0 bridgehead atoms. The Bertz CT molecular complexity index is 434. The minimum Gasteiger partial charge on any atom is -0.386 e. The van der Waals surface area contributed by atoms with E-state index in [-0.39, 0.29) is 5.03 Å². The van der Waals surface area contributed by atoms with Gasteiger partial charge in [-0.25, -0.2) is 18.5 Å². The van der Waals surface area contributed by atoms with Gasteiger partial charge in [-0.15, -0.1) is 0 Å². The van der Waals surface area contributed by atoms with Gasteiger partial charge in [-0.2, -0.15) is 0 Å². The molecule has 0 aliphatic rings. The SMILES string of the molecule is CC(C)(O)c1ccnc(S(N)(=O)=O)c1. The summed E-state index contributed by atoms with van der Waals surface area (Å²) in [7, 11) is -3.81. The predicted octanol–water partition coefficient (Wildman–Crippen LogP) is -0.0436. The lowest BCUT2D eigenvalue weighted by atomic mass is 10.0. The van der Waals surface area contributed by atoms with Crippen molar-refractivity contribution in [2.45, 2.75) is 24.5 Å². The van der Waals surface area contributed by atoms with Crippen molar-refractivity contribution in [2.24, 2.45) is 5.14 Å². The van der Waals surface area contributed by atoms with Gasteiger partial charge >= 0.3 is 0 Å². The lowest BCUT2D eigenvalue weighted by molar-refractivity contribution is 0.0782. The quantitative estimate of drug-likeness (QED) is 0.725. The van der Waals surface area contributed by atoms with Gasteiger partial charge in [-0.05, 0) is 31.5 Å². The number of primary sulfonamides is 1. The van der Waals surface area contributed by atoms with Crippen molar-refractivity contribution in [2.75, 3.05) is 0 Å². The van der Waals surface area contributed by atoms with Gasteiger partial charge in [0.25, 0.3) is 10.0 Å². The van der Waals surface area contributed by atoms with Gasteiger partial charge in [-0.3, -0.25) is 0 Å². The van der Waals surface area contributed by atoms with Crippen molar-refractivity contribution in [3.8, 4) is 0 Å². The van der Waals surface area contributed by atoms with Gasteiger partial charge in [0.05, 0.1) is 5.60 Å². The molecule has 0 atom stereocenters. The average molecular weight is 216 g/mol. The summed E-state index contributed by atoms with van der Waals surface area (Å²) in [5.41, 5.74) is -0.654. The van der Waals surface area contributed by atoms with Crippen LogP contribution in [-0.2, 0) is 15.6 Å². The number of aliphatic hydroxyl groups is 1. The second kappa shape index (κ2) is 3.30. The van der Waals surface area contributed by atoms with Crippen molar-refractivity contribution in [1.82, 2.24) is 4.98 Å². The van der Waals surface area contributed by atoms with Crippen LogP contribution in [0.2, 0.25) is 0 Å². The highest BCUT2D eigenvalue weighted by Crippen LogP contribution is 2.20. The molecule has 1 rings (SSSR count). The Morgan fingerprint density at radius 1 is 1.50 bits per heavy atom. The van der Waals surface area contributed by atoms with Gasteiger partial charge in [0.2, 0.25) is 0 Å². The first kappa shape index (κ1) is 11.1. The third-order valence-corrected chi connectivity index (χ3v) is 2.54. The van der Waals surface area contributed by atoms with Crippen LogP contribution in [0.4, 0.5) is 0 Å². The summed E-state index contributed by atoms with van der Waals surface area (Å²) in [6, 6.07) is 2.80. The molecule has 1 aromatic heterocycles. The van der Waals surface area contributed by atoms with E-state index in [9.17, 15) is 13.5 Å². The molecule has 0 amide bonds. The smallest absolute Gasteiger partial charge is 0.255 e. The van der Waals surface area contributed by atoms with E-state index in [1.54, 1.807) is 13.8 Å². The molecule has 1 heterocycles. The number of nitrogens with zero attached hydrogens (tertiary/aromatic N) is 1. The van der Waals surface area contributed by atoms with Crippen LogP contribution in [-0.4, -0.2) is 18.5 Å². The molecule has 0 aliphatic carbocycles. The van der Waals surface area contributed by atoms with Crippen LogP contribution in [0.5, 0.6) is 0 Å². The van der Waals surface area contributed by atoms with Crippen LogP contribution in [0, 0.1) is 0 Å². The fourth-order valence-electron chi connectivity index (χ4n) is 0.946. The van der Waals surface area contributed by atoms with Crippen LogP contribution in [0.3, 0.4) is 0 Å². The first-order valence-corrected chi connectivity index (χ1v) is 5.47.